The van der Waals surface area contributed by atoms with E-state index in [0.717, 1.165) is 34.7 Å². The standard InChI is InChI=1S/C12H11BrO2S.C10H7BrO2S/c1-3-15-12(14)11-6-8-9(13)4-7(2)5-10(8)16-11;1-5-2-7(11)6-4-9(10(12)13)14-8(6)3-5/h4-6H,3H2,1-2H3;2-4H,1H3,(H,12,13). The summed E-state index contributed by atoms with van der Waals surface area (Å²) in [5, 5.41) is 10.9. The minimum Gasteiger partial charge on any atom is -0.477 e. The molecule has 0 aliphatic heterocycles. The molecule has 4 nitrogen and oxygen atoms in total. The molecule has 1 N–H and O–H groups in total. The quantitative estimate of drug-likeness (QED) is 0.255. The molecule has 0 unspecified atom stereocenters. The first-order valence-electron chi connectivity index (χ1n) is 8.99. The second-order valence-electron chi connectivity index (χ2n) is 6.56. The number of hydrogen-bond donors (Lipinski definition) is 1. The van der Waals surface area contributed by atoms with Gasteiger partial charge in [-0.25, -0.2) is 9.59 Å². The molecule has 0 fully saturated rings. The van der Waals surface area contributed by atoms with Crippen LogP contribution < -0.4 is 0 Å². The Kier molecular flexibility index (Phi) is 7.34. The van der Waals surface area contributed by atoms with Crippen molar-refractivity contribution in [1.29, 1.82) is 0 Å². The first-order valence-corrected chi connectivity index (χ1v) is 12.2. The maximum Gasteiger partial charge on any atom is 0.348 e. The van der Waals surface area contributed by atoms with Gasteiger partial charge in [0.2, 0.25) is 0 Å². The van der Waals surface area contributed by atoms with Gasteiger partial charge in [-0.1, -0.05) is 31.9 Å². The van der Waals surface area contributed by atoms with E-state index in [4.69, 9.17) is 9.84 Å². The average Bonchev–Trinajstić information content (AvgIpc) is 3.27. The molecule has 2 heterocycles. The molecule has 0 aliphatic carbocycles. The monoisotopic (exact) mass is 568 g/mol. The van der Waals surface area contributed by atoms with E-state index in [-0.39, 0.29) is 5.97 Å². The number of aryl methyl sites for hydroxylation is 2. The number of esters is 1. The third kappa shape index (κ3) is 5.11. The normalized spacial score (nSPS) is 10.7. The summed E-state index contributed by atoms with van der Waals surface area (Å²) in [4.78, 5) is 23.4. The largest absolute Gasteiger partial charge is 0.477 e. The van der Waals surface area contributed by atoms with Crippen LogP contribution in [0.1, 0.15) is 37.4 Å². The molecule has 30 heavy (non-hydrogen) atoms. The first-order chi connectivity index (χ1) is 14.2. The number of halogens is 2. The van der Waals surface area contributed by atoms with E-state index in [9.17, 15) is 9.59 Å². The number of carbonyl (C=O) groups excluding carboxylic acids is 1. The fourth-order valence-electron chi connectivity index (χ4n) is 2.86. The average molecular weight is 570 g/mol. The summed E-state index contributed by atoms with van der Waals surface area (Å²) in [6.07, 6.45) is 0. The Morgan fingerprint density at radius 3 is 1.80 bits per heavy atom. The van der Waals surface area contributed by atoms with E-state index in [1.165, 1.54) is 28.2 Å². The molecule has 0 spiro atoms. The number of fused-ring (bicyclic) bond motifs is 2. The number of carboxylic acid groups (broad SMARTS) is 1. The minimum absolute atomic E-state index is 0.242. The topological polar surface area (TPSA) is 63.6 Å². The van der Waals surface area contributed by atoms with Crippen molar-refractivity contribution in [3.8, 4) is 0 Å². The number of rotatable bonds is 3. The lowest BCUT2D eigenvalue weighted by Crippen LogP contribution is -2.01. The third-order valence-corrected chi connectivity index (χ3v) is 7.59. The number of carbonyl (C=O) groups is 2. The SMILES string of the molecule is CCOC(=O)c1cc2c(Br)cc(C)cc2s1.Cc1cc(Br)c2cc(C(=O)O)sc2c1. The van der Waals surface area contributed by atoms with E-state index in [0.29, 0.717) is 16.4 Å². The Hall–Kier alpha value is -1.74. The van der Waals surface area contributed by atoms with Crippen LogP contribution in [0.2, 0.25) is 0 Å². The van der Waals surface area contributed by atoms with Crippen LogP contribution in [0.25, 0.3) is 20.2 Å². The van der Waals surface area contributed by atoms with Gasteiger partial charge in [-0.2, -0.15) is 0 Å². The molecule has 0 atom stereocenters. The maximum absolute atomic E-state index is 11.6. The predicted molar refractivity (Wildman–Crippen MR) is 131 cm³/mol. The van der Waals surface area contributed by atoms with E-state index < -0.39 is 5.97 Å². The van der Waals surface area contributed by atoms with Crippen LogP contribution >= 0.6 is 54.5 Å². The summed E-state index contributed by atoms with van der Waals surface area (Å²) in [5.41, 5.74) is 2.31. The van der Waals surface area contributed by atoms with Gasteiger partial charge in [-0.3, -0.25) is 0 Å². The second kappa shape index (κ2) is 9.60. The number of thiophene rings is 2. The molecular formula is C22H18Br2O4S2. The fraction of sp³-hybridized carbons (Fsp3) is 0.182. The molecular weight excluding hydrogens is 552 g/mol. The molecule has 2 aromatic carbocycles. The van der Waals surface area contributed by atoms with Gasteiger partial charge in [0.15, 0.2) is 0 Å². The first kappa shape index (κ1) is 22.9. The number of carboxylic acids is 1. The summed E-state index contributed by atoms with van der Waals surface area (Å²) in [6, 6.07) is 11.7. The molecule has 0 bridgehead atoms. The van der Waals surface area contributed by atoms with Crippen LogP contribution in [-0.4, -0.2) is 23.7 Å². The zero-order valence-corrected chi connectivity index (χ0v) is 21.2. The van der Waals surface area contributed by atoms with Crippen molar-refractivity contribution in [3.63, 3.8) is 0 Å². The zero-order valence-electron chi connectivity index (χ0n) is 16.4. The molecule has 4 rings (SSSR count). The van der Waals surface area contributed by atoms with Crippen molar-refractivity contribution < 1.29 is 19.4 Å². The Labute approximate surface area is 198 Å². The van der Waals surface area contributed by atoms with Gasteiger partial charge < -0.3 is 9.84 Å². The highest BCUT2D eigenvalue weighted by molar-refractivity contribution is 9.11. The summed E-state index contributed by atoms with van der Waals surface area (Å²) in [5.74, 6) is -1.11. The molecule has 156 valence electrons. The van der Waals surface area contributed by atoms with Gasteiger partial charge >= 0.3 is 11.9 Å². The van der Waals surface area contributed by atoms with Crippen LogP contribution in [-0.2, 0) is 4.74 Å². The lowest BCUT2D eigenvalue weighted by atomic mass is 10.2. The van der Waals surface area contributed by atoms with Crippen molar-refractivity contribution in [2.75, 3.05) is 6.61 Å². The Bertz CT molecular complexity index is 1260. The van der Waals surface area contributed by atoms with Crippen molar-refractivity contribution in [2.24, 2.45) is 0 Å². The maximum atomic E-state index is 11.6. The summed E-state index contributed by atoms with van der Waals surface area (Å²) >= 11 is 9.70. The number of benzene rings is 2. The fourth-order valence-corrected chi connectivity index (χ4v) is 6.60. The van der Waals surface area contributed by atoms with E-state index >= 15 is 0 Å². The molecule has 4 aromatic rings. The number of ether oxygens (including phenoxy) is 1. The highest BCUT2D eigenvalue weighted by Gasteiger charge is 2.13. The summed E-state index contributed by atoms with van der Waals surface area (Å²) in [7, 11) is 0. The van der Waals surface area contributed by atoms with Gasteiger partial charge in [0.1, 0.15) is 9.75 Å². The Morgan fingerprint density at radius 2 is 1.33 bits per heavy atom. The van der Waals surface area contributed by atoms with Crippen molar-refractivity contribution in [3.05, 3.63) is 66.2 Å². The van der Waals surface area contributed by atoms with Crippen LogP contribution in [0.5, 0.6) is 0 Å². The van der Waals surface area contributed by atoms with Gasteiger partial charge in [-0.15, -0.1) is 22.7 Å². The molecule has 2 aromatic heterocycles. The highest BCUT2D eigenvalue weighted by Crippen LogP contribution is 2.33. The lowest BCUT2D eigenvalue weighted by Gasteiger charge is -1.95. The summed E-state index contributed by atoms with van der Waals surface area (Å²) in [6.45, 7) is 6.25. The molecule has 0 aliphatic rings. The highest BCUT2D eigenvalue weighted by atomic mass is 79.9. The third-order valence-electron chi connectivity index (χ3n) is 4.15. The van der Waals surface area contributed by atoms with E-state index in [1.54, 1.807) is 6.07 Å². The van der Waals surface area contributed by atoms with Crippen molar-refractivity contribution in [1.82, 2.24) is 0 Å². The van der Waals surface area contributed by atoms with E-state index in [1.807, 2.05) is 45.0 Å². The predicted octanol–water partition coefficient (Wildman–Crippen LogP) is 7.82. The molecule has 8 heteroatoms. The van der Waals surface area contributed by atoms with Gasteiger partial charge in [0, 0.05) is 29.1 Å². The Balaban J connectivity index is 0.000000172. The molecule has 0 saturated carbocycles. The molecule has 0 radical (unpaired) electrons. The molecule has 0 saturated heterocycles. The van der Waals surface area contributed by atoms with Crippen molar-refractivity contribution >= 4 is 86.6 Å². The van der Waals surface area contributed by atoms with Crippen LogP contribution in [0.3, 0.4) is 0 Å². The van der Waals surface area contributed by atoms with Crippen molar-refractivity contribution in [2.45, 2.75) is 20.8 Å². The Morgan fingerprint density at radius 1 is 0.867 bits per heavy atom. The zero-order chi connectivity index (χ0) is 22.0. The van der Waals surface area contributed by atoms with Crippen LogP contribution in [0.15, 0.2) is 45.3 Å². The number of aromatic carboxylic acids is 1. The molecule has 0 amide bonds. The number of hydrogen-bond acceptors (Lipinski definition) is 5. The van der Waals surface area contributed by atoms with E-state index in [2.05, 4.69) is 37.9 Å². The second-order valence-corrected chi connectivity index (χ2v) is 10.4. The summed E-state index contributed by atoms with van der Waals surface area (Å²) < 4.78 is 9.08. The van der Waals surface area contributed by atoms with Gasteiger partial charge in [-0.05, 0) is 68.3 Å². The van der Waals surface area contributed by atoms with Crippen LogP contribution in [0, 0.1) is 13.8 Å². The minimum atomic E-state index is -0.865. The van der Waals surface area contributed by atoms with Gasteiger partial charge in [0.25, 0.3) is 0 Å². The lowest BCUT2D eigenvalue weighted by molar-refractivity contribution is 0.0531. The van der Waals surface area contributed by atoms with Crippen LogP contribution in [0.4, 0.5) is 0 Å². The smallest absolute Gasteiger partial charge is 0.348 e. The van der Waals surface area contributed by atoms with Gasteiger partial charge in [0.05, 0.1) is 6.61 Å².